The summed E-state index contributed by atoms with van der Waals surface area (Å²) in [4.78, 5) is 19.0. The van der Waals surface area contributed by atoms with E-state index in [-0.39, 0.29) is 35.3 Å². The minimum atomic E-state index is -3.06. The molecule has 2 aliphatic rings. The average Bonchev–Trinajstić information content (AvgIpc) is 3.36. The van der Waals surface area contributed by atoms with Crippen LogP contribution in [-0.4, -0.2) is 66.8 Å². The average molecular weight is 411 g/mol. The van der Waals surface area contributed by atoms with Crippen LogP contribution >= 0.6 is 11.8 Å². The molecule has 0 aliphatic carbocycles. The van der Waals surface area contributed by atoms with Crippen LogP contribution < -0.4 is 0 Å². The largest absolute Gasteiger partial charge is 0.431 e. The van der Waals surface area contributed by atoms with Crippen LogP contribution in [-0.2, 0) is 19.4 Å². The summed E-state index contributed by atoms with van der Waals surface area (Å²) in [6.45, 7) is 1.15. The van der Waals surface area contributed by atoms with Gasteiger partial charge in [-0.05, 0) is 31.4 Å². The van der Waals surface area contributed by atoms with Gasteiger partial charge in [0, 0.05) is 19.2 Å². The number of thioether (sulfide) groups is 1. The molecule has 0 spiro atoms. The highest BCUT2D eigenvalue weighted by molar-refractivity contribution is 7.99. The predicted molar refractivity (Wildman–Crippen MR) is 102 cm³/mol. The molecular formula is C18H22N2O5S2. The van der Waals surface area contributed by atoms with Gasteiger partial charge in [0.05, 0.1) is 23.4 Å². The van der Waals surface area contributed by atoms with Gasteiger partial charge < -0.3 is 14.1 Å². The van der Waals surface area contributed by atoms with Gasteiger partial charge in [-0.15, -0.1) is 0 Å². The van der Waals surface area contributed by atoms with Crippen LogP contribution in [0.3, 0.4) is 0 Å². The first-order valence-corrected chi connectivity index (χ1v) is 11.9. The minimum absolute atomic E-state index is 0.00780. The number of hydrogen-bond acceptors (Lipinski definition) is 7. The van der Waals surface area contributed by atoms with Crippen LogP contribution in [0.2, 0.25) is 0 Å². The number of nitrogens with zero attached hydrogens (tertiary/aromatic N) is 2. The Hall–Kier alpha value is -1.58. The maximum absolute atomic E-state index is 12.9. The van der Waals surface area contributed by atoms with Crippen molar-refractivity contribution in [2.24, 2.45) is 0 Å². The number of sulfone groups is 1. The van der Waals surface area contributed by atoms with Gasteiger partial charge in [-0.25, -0.2) is 13.4 Å². The van der Waals surface area contributed by atoms with Crippen molar-refractivity contribution in [3.63, 3.8) is 0 Å². The lowest BCUT2D eigenvalue weighted by Gasteiger charge is -2.30. The van der Waals surface area contributed by atoms with Crippen LogP contribution in [0, 0.1) is 0 Å². The highest BCUT2D eigenvalue weighted by Gasteiger charge is 2.36. The fraction of sp³-hybridized carbons (Fsp3) is 0.556. The van der Waals surface area contributed by atoms with Crippen molar-refractivity contribution < 1.29 is 22.4 Å². The van der Waals surface area contributed by atoms with Gasteiger partial charge in [-0.3, -0.25) is 4.79 Å². The summed E-state index contributed by atoms with van der Waals surface area (Å²) in [5.74, 6) is 0.250. The van der Waals surface area contributed by atoms with E-state index in [2.05, 4.69) is 4.98 Å². The Kier molecular flexibility index (Phi) is 5.43. The number of hydrogen-bond donors (Lipinski definition) is 0. The maximum atomic E-state index is 12.9. The third-order valence-electron chi connectivity index (χ3n) is 4.99. The van der Waals surface area contributed by atoms with Crippen molar-refractivity contribution in [3.05, 3.63) is 24.3 Å². The van der Waals surface area contributed by atoms with Gasteiger partial charge in [-0.2, -0.15) is 0 Å². The predicted octanol–water partition coefficient (Wildman–Crippen LogP) is 2.11. The van der Waals surface area contributed by atoms with E-state index < -0.39 is 9.84 Å². The van der Waals surface area contributed by atoms with E-state index in [0.29, 0.717) is 30.4 Å². The Balaban J connectivity index is 1.44. The summed E-state index contributed by atoms with van der Waals surface area (Å²) in [6.07, 6.45) is 2.37. The van der Waals surface area contributed by atoms with Crippen LogP contribution in [0.5, 0.6) is 0 Å². The van der Waals surface area contributed by atoms with Crippen molar-refractivity contribution in [2.75, 3.05) is 30.4 Å². The van der Waals surface area contributed by atoms with E-state index in [1.165, 1.54) is 11.8 Å². The number of amides is 1. The molecular weight excluding hydrogens is 388 g/mol. The number of aromatic nitrogens is 1. The fourth-order valence-corrected chi connectivity index (χ4v) is 6.06. The van der Waals surface area contributed by atoms with Crippen LogP contribution in [0.1, 0.15) is 19.3 Å². The molecule has 2 aromatic rings. The summed E-state index contributed by atoms with van der Waals surface area (Å²) >= 11 is 1.24. The second kappa shape index (κ2) is 7.81. The molecule has 1 amide bonds. The number of ether oxygens (including phenoxy) is 1. The van der Waals surface area contributed by atoms with E-state index in [9.17, 15) is 13.2 Å². The van der Waals surface area contributed by atoms with Gasteiger partial charge in [-0.1, -0.05) is 23.9 Å². The molecule has 2 unspecified atom stereocenters. The molecule has 2 saturated heterocycles. The molecule has 0 saturated carbocycles. The Morgan fingerprint density at radius 3 is 2.85 bits per heavy atom. The standard InChI is InChI=1S/C18H22N2O5S2/c21-17(11-26-18-19-15-5-1-2-6-16(15)25-18)20(10-14-4-3-8-24-14)13-7-9-27(22,23)12-13/h1-2,5-6,13-14H,3-4,7-12H2. The Morgan fingerprint density at radius 1 is 1.30 bits per heavy atom. The highest BCUT2D eigenvalue weighted by Crippen LogP contribution is 2.26. The Labute approximate surface area is 162 Å². The molecule has 4 rings (SSSR count). The molecule has 2 aliphatic heterocycles. The first kappa shape index (κ1) is 18.8. The van der Waals surface area contributed by atoms with Crippen LogP contribution in [0.4, 0.5) is 0 Å². The monoisotopic (exact) mass is 410 g/mol. The number of para-hydroxylation sites is 2. The third-order valence-corrected chi connectivity index (χ3v) is 7.55. The smallest absolute Gasteiger partial charge is 0.257 e. The molecule has 3 heterocycles. The molecule has 9 heteroatoms. The molecule has 2 fully saturated rings. The SMILES string of the molecule is O=C(CSc1nc2ccccc2o1)N(CC1CCCO1)C1CCS(=O)(=O)C1. The number of benzene rings is 1. The minimum Gasteiger partial charge on any atom is -0.431 e. The van der Waals surface area contributed by atoms with Gasteiger partial charge in [0.25, 0.3) is 5.22 Å². The van der Waals surface area contributed by atoms with Crippen molar-refractivity contribution >= 4 is 38.6 Å². The topological polar surface area (TPSA) is 89.7 Å². The van der Waals surface area contributed by atoms with Gasteiger partial charge in [0.2, 0.25) is 5.91 Å². The summed E-state index contributed by atoms with van der Waals surface area (Å²) < 4.78 is 35.1. The number of carbonyl (C=O) groups excluding carboxylic acids is 1. The zero-order chi connectivity index (χ0) is 18.9. The van der Waals surface area contributed by atoms with Gasteiger partial charge in [0.15, 0.2) is 15.4 Å². The molecule has 0 radical (unpaired) electrons. The first-order valence-electron chi connectivity index (χ1n) is 9.10. The fourth-order valence-electron chi connectivity index (χ4n) is 3.60. The maximum Gasteiger partial charge on any atom is 0.257 e. The normalized spacial score (nSPS) is 24.4. The van der Waals surface area contributed by atoms with Crippen LogP contribution in [0.25, 0.3) is 11.1 Å². The number of carbonyl (C=O) groups is 1. The Morgan fingerprint density at radius 2 is 2.15 bits per heavy atom. The molecule has 0 N–H and O–H groups in total. The van der Waals surface area contributed by atoms with E-state index in [4.69, 9.17) is 9.15 Å². The number of rotatable bonds is 6. The lowest BCUT2D eigenvalue weighted by atomic mass is 10.1. The van der Waals surface area contributed by atoms with Crippen molar-refractivity contribution in [2.45, 2.75) is 36.6 Å². The molecule has 1 aromatic heterocycles. The van der Waals surface area contributed by atoms with Gasteiger partial charge in [0.1, 0.15) is 5.52 Å². The molecule has 146 valence electrons. The van der Waals surface area contributed by atoms with E-state index in [0.717, 1.165) is 18.4 Å². The molecule has 1 aromatic carbocycles. The number of fused-ring (bicyclic) bond motifs is 1. The zero-order valence-electron chi connectivity index (χ0n) is 14.9. The highest BCUT2D eigenvalue weighted by atomic mass is 32.2. The van der Waals surface area contributed by atoms with E-state index in [1.54, 1.807) is 4.90 Å². The second-order valence-corrected chi connectivity index (χ2v) is 10.1. The van der Waals surface area contributed by atoms with Crippen LogP contribution in [0.15, 0.2) is 33.9 Å². The lowest BCUT2D eigenvalue weighted by molar-refractivity contribution is -0.131. The third kappa shape index (κ3) is 4.47. The van der Waals surface area contributed by atoms with Crippen molar-refractivity contribution in [1.82, 2.24) is 9.88 Å². The summed E-state index contributed by atoms with van der Waals surface area (Å²) in [6, 6.07) is 7.18. The van der Waals surface area contributed by atoms with E-state index in [1.807, 2.05) is 24.3 Å². The van der Waals surface area contributed by atoms with Gasteiger partial charge >= 0.3 is 0 Å². The molecule has 7 nitrogen and oxygen atoms in total. The molecule has 0 bridgehead atoms. The molecule has 27 heavy (non-hydrogen) atoms. The lowest BCUT2D eigenvalue weighted by Crippen LogP contribution is -2.46. The summed E-state index contributed by atoms with van der Waals surface area (Å²) in [7, 11) is -3.06. The Bertz CT molecular complexity index is 888. The van der Waals surface area contributed by atoms with Crippen molar-refractivity contribution in [3.8, 4) is 0 Å². The first-order chi connectivity index (χ1) is 13.0. The molecule has 2 atom stereocenters. The number of oxazole rings is 1. The van der Waals surface area contributed by atoms with E-state index >= 15 is 0 Å². The quantitative estimate of drug-likeness (QED) is 0.674. The second-order valence-electron chi connectivity index (χ2n) is 6.97. The van der Waals surface area contributed by atoms with Crippen molar-refractivity contribution in [1.29, 1.82) is 0 Å². The summed E-state index contributed by atoms with van der Waals surface area (Å²) in [5.41, 5.74) is 1.44. The zero-order valence-corrected chi connectivity index (χ0v) is 16.5. The summed E-state index contributed by atoms with van der Waals surface area (Å²) in [5, 5.41) is 0.445.